The highest BCUT2D eigenvalue weighted by molar-refractivity contribution is 5.95. The van der Waals surface area contributed by atoms with E-state index in [0.717, 1.165) is 18.2 Å². The number of nitrogens with one attached hydrogen (secondary N) is 1. The van der Waals surface area contributed by atoms with Crippen LogP contribution in [-0.2, 0) is 6.54 Å². The Morgan fingerprint density at radius 2 is 1.83 bits per heavy atom. The molecule has 0 atom stereocenters. The number of halogens is 2. The zero-order valence-electron chi connectivity index (χ0n) is 12.1. The Kier molecular flexibility index (Phi) is 4.90. The van der Waals surface area contributed by atoms with Crippen molar-refractivity contribution in [2.24, 2.45) is 0 Å². The second kappa shape index (κ2) is 6.87. The minimum Gasteiger partial charge on any atom is -0.496 e. The predicted molar refractivity (Wildman–Crippen MR) is 77.5 cm³/mol. The summed E-state index contributed by atoms with van der Waals surface area (Å²) >= 11 is 0. The van der Waals surface area contributed by atoms with E-state index in [1.807, 2.05) is 0 Å². The number of rotatable bonds is 5. The van der Waals surface area contributed by atoms with Gasteiger partial charge >= 0.3 is 5.97 Å². The summed E-state index contributed by atoms with van der Waals surface area (Å²) in [5, 5.41) is 11.4. The Bertz CT molecular complexity index is 741. The number of methoxy groups -OCH3 is 1. The zero-order valence-corrected chi connectivity index (χ0v) is 12.1. The fourth-order valence-corrected chi connectivity index (χ4v) is 2.02. The van der Waals surface area contributed by atoms with E-state index >= 15 is 0 Å². The molecule has 2 rings (SSSR count). The SMILES string of the molecule is COc1ccc(CNC(=O)c2c(F)cccc2F)cc1C(=O)O. The number of benzene rings is 2. The number of hydrogen-bond donors (Lipinski definition) is 2. The van der Waals surface area contributed by atoms with Gasteiger partial charge in [-0.05, 0) is 29.8 Å². The molecular formula is C16H13F2NO4. The van der Waals surface area contributed by atoms with Gasteiger partial charge in [0, 0.05) is 6.54 Å². The molecular weight excluding hydrogens is 308 g/mol. The summed E-state index contributed by atoms with van der Waals surface area (Å²) in [6.07, 6.45) is 0. The summed E-state index contributed by atoms with van der Waals surface area (Å²) < 4.78 is 31.9. The van der Waals surface area contributed by atoms with Crippen LogP contribution in [0.25, 0.3) is 0 Å². The standard InChI is InChI=1S/C16H13F2NO4/c1-23-13-6-5-9(7-10(13)16(21)22)8-19-15(20)14-11(17)3-2-4-12(14)18/h2-7H,8H2,1H3,(H,19,20)(H,21,22). The van der Waals surface area contributed by atoms with Crippen LogP contribution in [0.5, 0.6) is 5.75 Å². The second-order valence-corrected chi connectivity index (χ2v) is 4.62. The van der Waals surface area contributed by atoms with Gasteiger partial charge in [-0.15, -0.1) is 0 Å². The number of carbonyl (C=O) groups excluding carboxylic acids is 1. The third kappa shape index (κ3) is 3.63. The molecule has 2 N–H and O–H groups in total. The molecule has 0 aliphatic heterocycles. The normalized spacial score (nSPS) is 10.2. The van der Waals surface area contributed by atoms with E-state index in [1.165, 1.54) is 19.2 Å². The minimum absolute atomic E-state index is 0.0729. The van der Waals surface area contributed by atoms with Crippen LogP contribution in [0.2, 0.25) is 0 Å². The molecule has 0 bridgehead atoms. The summed E-state index contributed by atoms with van der Waals surface area (Å²) in [7, 11) is 1.34. The van der Waals surface area contributed by atoms with Crippen molar-refractivity contribution < 1.29 is 28.2 Å². The highest BCUT2D eigenvalue weighted by Gasteiger charge is 2.17. The van der Waals surface area contributed by atoms with E-state index in [-0.39, 0.29) is 17.9 Å². The lowest BCUT2D eigenvalue weighted by Gasteiger charge is -2.10. The van der Waals surface area contributed by atoms with E-state index in [9.17, 15) is 18.4 Å². The van der Waals surface area contributed by atoms with E-state index in [2.05, 4.69) is 5.32 Å². The van der Waals surface area contributed by atoms with Crippen LogP contribution >= 0.6 is 0 Å². The predicted octanol–water partition coefficient (Wildman–Crippen LogP) is 2.60. The molecule has 2 aromatic rings. The van der Waals surface area contributed by atoms with Crippen molar-refractivity contribution >= 4 is 11.9 Å². The van der Waals surface area contributed by atoms with Gasteiger partial charge < -0.3 is 15.2 Å². The Morgan fingerprint density at radius 3 is 2.39 bits per heavy atom. The lowest BCUT2D eigenvalue weighted by molar-refractivity contribution is 0.0693. The molecule has 0 aliphatic rings. The van der Waals surface area contributed by atoms with E-state index < -0.39 is 29.1 Å². The van der Waals surface area contributed by atoms with E-state index in [0.29, 0.717) is 5.56 Å². The molecule has 0 unspecified atom stereocenters. The summed E-state index contributed by atoms with van der Waals surface area (Å²) in [4.78, 5) is 23.0. The Labute approximate surface area is 130 Å². The summed E-state index contributed by atoms with van der Waals surface area (Å²) in [5.74, 6) is -3.87. The number of carboxylic acids is 1. The van der Waals surface area contributed by atoms with Gasteiger partial charge in [-0.1, -0.05) is 12.1 Å². The highest BCUT2D eigenvalue weighted by Crippen LogP contribution is 2.20. The summed E-state index contributed by atoms with van der Waals surface area (Å²) in [6.45, 7) is -0.0864. The van der Waals surface area contributed by atoms with Gasteiger partial charge in [0.25, 0.3) is 5.91 Å². The first-order valence-electron chi connectivity index (χ1n) is 6.56. The molecule has 1 amide bonds. The molecule has 0 heterocycles. The Balaban J connectivity index is 2.16. The van der Waals surface area contributed by atoms with Crippen LogP contribution in [-0.4, -0.2) is 24.1 Å². The zero-order chi connectivity index (χ0) is 17.0. The van der Waals surface area contributed by atoms with Gasteiger partial charge in [0.05, 0.1) is 7.11 Å². The first kappa shape index (κ1) is 16.4. The van der Waals surface area contributed by atoms with Crippen molar-refractivity contribution in [2.45, 2.75) is 6.54 Å². The van der Waals surface area contributed by atoms with Gasteiger partial charge in [0.15, 0.2) is 0 Å². The lowest BCUT2D eigenvalue weighted by Crippen LogP contribution is -2.25. The number of hydrogen-bond acceptors (Lipinski definition) is 3. The topological polar surface area (TPSA) is 75.6 Å². The van der Waals surface area contributed by atoms with Crippen LogP contribution in [0.4, 0.5) is 8.78 Å². The maximum atomic E-state index is 13.5. The molecule has 0 aliphatic carbocycles. The van der Waals surface area contributed by atoms with Crippen molar-refractivity contribution in [3.05, 3.63) is 64.7 Å². The molecule has 0 fully saturated rings. The van der Waals surface area contributed by atoms with Crippen LogP contribution < -0.4 is 10.1 Å². The first-order valence-corrected chi connectivity index (χ1v) is 6.56. The third-order valence-electron chi connectivity index (χ3n) is 3.14. The van der Waals surface area contributed by atoms with E-state index in [1.54, 1.807) is 6.07 Å². The van der Waals surface area contributed by atoms with Crippen molar-refractivity contribution in [1.82, 2.24) is 5.32 Å². The molecule has 0 aromatic heterocycles. The molecule has 0 saturated carbocycles. The fourth-order valence-electron chi connectivity index (χ4n) is 2.02. The van der Waals surface area contributed by atoms with Crippen LogP contribution in [0.3, 0.4) is 0 Å². The number of amides is 1. The monoisotopic (exact) mass is 321 g/mol. The average molecular weight is 321 g/mol. The maximum Gasteiger partial charge on any atom is 0.339 e. The Hall–Kier alpha value is -2.96. The van der Waals surface area contributed by atoms with Crippen molar-refractivity contribution in [3.8, 4) is 5.75 Å². The largest absolute Gasteiger partial charge is 0.496 e. The summed E-state index contributed by atoms with van der Waals surface area (Å²) in [5.41, 5.74) is -0.302. The molecule has 0 saturated heterocycles. The molecule has 5 nitrogen and oxygen atoms in total. The second-order valence-electron chi connectivity index (χ2n) is 4.62. The van der Waals surface area contributed by atoms with Crippen molar-refractivity contribution in [2.75, 3.05) is 7.11 Å². The van der Waals surface area contributed by atoms with Crippen molar-refractivity contribution in [3.63, 3.8) is 0 Å². The van der Waals surface area contributed by atoms with Gasteiger partial charge in [0.2, 0.25) is 0 Å². The average Bonchev–Trinajstić information content (AvgIpc) is 2.52. The van der Waals surface area contributed by atoms with Crippen molar-refractivity contribution in [1.29, 1.82) is 0 Å². The first-order chi connectivity index (χ1) is 10.9. The van der Waals surface area contributed by atoms with Gasteiger partial charge in [-0.25, -0.2) is 13.6 Å². The molecule has 2 aromatic carbocycles. The van der Waals surface area contributed by atoms with Gasteiger partial charge in [0.1, 0.15) is 28.5 Å². The minimum atomic E-state index is -1.19. The quantitative estimate of drug-likeness (QED) is 0.887. The summed E-state index contributed by atoms with van der Waals surface area (Å²) in [6, 6.07) is 7.42. The Morgan fingerprint density at radius 1 is 1.17 bits per heavy atom. The smallest absolute Gasteiger partial charge is 0.339 e. The van der Waals surface area contributed by atoms with Crippen LogP contribution in [0, 0.1) is 11.6 Å². The third-order valence-corrected chi connectivity index (χ3v) is 3.14. The maximum absolute atomic E-state index is 13.5. The highest BCUT2D eigenvalue weighted by atomic mass is 19.1. The number of carbonyl (C=O) groups is 2. The van der Waals surface area contributed by atoms with Crippen LogP contribution in [0.1, 0.15) is 26.3 Å². The number of ether oxygens (including phenoxy) is 1. The van der Waals surface area contributed by atoms with Gasteiger partial charge in [-0.2, -0.15) is 0 Å². The van der Waals surface area contributed by atoms with Gasteiger partial charge in [-0.3, -0.25) is 4.79 Å². The fraction of sp³-hybridized carbons (Fsp3) is 0.125. The number of carboxylic acid groups (broad SMARTS) is 1. The lowest BCUT2D eigenvalue weighted by atomic mass is 10.1. The number of aromatic carboxylic acids is 1. The van der Waals surface area contributed by atoms with Crippen LogP contribution in [0.15, 0.2) is 36.4 Å². The molecule has 0 spiro atoms. The molecule has 120 valence electrons. The molecule has 0 radical (unpaired) electrons. The molecule has 23 heavy (non-hydrogen) atoms. The van der Waals surface area contributed by atoms with E-state index in [4.69, 9.17) is 9.84 Å². The molecule has 7 heteroatoms.